The number of rotatable bonds is 4. The van der Waals surface area contributed by atoms with Crippen molar-refractivity contribution in [3.05, 3.63) is 65.5 Å². The molecule has 0 radical (unpaired) electrons. The molecule has 24 heavy (non-hydrogen) atoms. The molecule has 0 bridgehead atoms. The fourth-order valence-corrected chi connectivity index (χ4v) is 2.13. The Bertz CT molecular complexity index is 898. The summed E-state index contributed by atoms with van der Waals surface area (Å²) in [5.74, 6) is -0.469. The molecule has 0 fully saturated rings. The van der Waals surface area contributed by atoms with Crippen LogP contribution < -0.4 is 5.32 Å². The smallest absolute Gasteiger partial charge is 0.313 e. The number of hydrogen-bond donors (Lipinski definition) is 1. The van der Waals surface area contributed by atoms with E-state index in [0.29, 0.717) is 11.3 Å². The van der Waals surface area contributed by atoms with Crippen molar-refractivity contribution in [3.8, 4) is 11.5 Å². The van der Waals surface area contributed by atoms with Gasteiger partial charge in [0.05, 0.1) is 0 Å². The Kier molecular flexibility index (Phi) is 4.20. The number of carbonyl (C=O) groups is 2. The number of ketones is 1. The van der Waals surface area contributed by atoms with Gasteiger partial charge in [-0.15, -0.1) is 10.2 Å². The van der Waals surface area contributed by atoms with E-state index in [0.717, 1.165) is 11.1 Å². The van der Waals surface area contributed by atoms with Crippen LogP contribution >= 0.6 is 0 Å². The number of anilines is 1. The first-order chi connectivity index (χ1) is 11.5. The maximum absolute atomic E-state index is 12.2. The van der Waals surface area contributed by atoms with Gasteiger partial charge in [0, 0.05) is 16.8 Å². The SMILES string of the molecule is CC(=O)c1cccc(NC(=O)c2nnc(-c3ccc(C)cc3)o2)c1. The number of nitrogens with zero attached hydrogens (tertiary/aromatic N) is 2. The summed E-state index contributed by atoms with van der Waals surface area (Å²) >= 11 is 0. The first-order valence-corrected chi connectivity index (χ1v) is 7.36. The molecule has 2 aromatic carbocycles. The van der Waals surface area contributed by atoms with Crippen molar-refractivity contribution in [3.63, 3.8) is 0 Å². The van der Waals surface area contributed by atoms with Gasteiger partial charge in [-0.1, -0.05) is 29.8 Å². The monoisotopic (exact) mass is 321 g/mol. The van der Waals surface area contributed by atoms with Crippen LogP contribution in [-0.2, 0) is 0 Å². The predicted molar refractivity (Wildman–Crippen MR) is 88.9 cm³/mol. The zero-order valence-corrected chi connectivity index (χ0v) is 13.2. The molecule has 0 saturated carbocycles. The van der Waals surface area contributed by atoms with Crippen molar-refractivity contribution in [2.24, 2.45) is 0 Å². The summed E-state index contributed by atoms with van der Waals surface area (Å²) in [7, 11) is 0. The van der Waals surface area contributed by atoms with Gasteiger partial charge in [0.15, 0.2) is 5.78 Å². The second-order valence-electron chi connectivity index (χ2n) is 5.37. The third-order valence-electron chi connectivity index (χ3n) is 3.44. The van der Waals surface area contributed by atoms with Crippen LogP contribution in [-0.4, -0.2) is 21.9 Å². The lowest BCUT2D eigenvalue weighted by atomic mass is 10.1. The molecule has 1 aromatic heterocycles. The number of aryl methyl sites for hydroxylation is 1. The van der Waals surface area contributed by atoms with Crippen LogP contribution in [0.1, 0.15) is 33.5 Å². The van der Waals surface area contributed by atoms with Crippen LogP contribution in [0.3, 0.4) is 0 Å². The molecule has 0 saturated heterocycles. The fourth-order valence-electron chi connectivity index (χ4n) is 2.13. The zero-order chi connectivity index (χ0) is 17.1. The van der Waals surface area contributed by atoms with Gasteiger partial charge < -0.3 is 9.73 Å². The lowest BCUT2D eigenvalue weighted by Gasteiger charge is -2.03. The summed E-state index contributed by atoms with van der Waals surface area (Å²) in [6.07, 6.45) is 0. The lowest BCUT2D eigenvalue weighted by molar-refractivity contribution is 0.0987. The number of benzene rings is 2. The molecule has 120 valence electrons. The molecule has 6 nitrogen and oxygen atoms in total. The first-order valence-electron chi connectivity index (χ1n) is 7.36. The number of Topliss-reactive ketones (excluding diaryl/α,β-unsaturated/α-hetero) is 1. The summed E-state index contributed by atoms with van der Waals surface area (Å²) in [6.45, 7) is 3.44. The molecule has 1 N–H and O–H groups in total. The van der Waals surface area contributed by atoms with Crippen LogP contribution in [0.5, 0.6) is 0 Å². The highest BCUT2D eigenvalue weighted by atomic mass is 16.4. The van der Waals surface area contributed by atoms with E-state index in [1.54, 1.807) is 24.3 Å². The van der Waals surface area contributed by atoms with E-state index in [-0.39, 0.29) is 17.6 Å². The zero-order valence-electron chi connectivity index (χ0n) is 13.2. The number of amides is 1. The van der Waals surface area contributed by atoms with Crippen LogP contribution in [0.4, 0.5) is 5.69 Å². The molecule has 0 aliphatic rings. The standard InChI is InChI=1S/C18H15N3O3/c1-11-6-8-13(9-7-11)17-20-21-18(24-17)16(23)19-15-5-3-4-14(10-15)12(2)22/h3-10H,1-2H3,(H,19,23). The predicted octanol–water partition coefficient (Wildman–Crippen LogP) is 3.50. The van der Waals surface area contributed by atoms with Crippen LogP contribution in [0.25, 0.3) is 11.5 Å². The largest absolute Gasteiger partial charge is 0.412 e. The van der Waals surface area contributed by atoms with Crippen molar-refractivity contribution in [1.82, 2.24) is 10.2 Å². The minimum Gasteiger partial charge on any atom is -0.412 e. The van der Waals surface area contributed by atoms with E-state index in [9.17, 15) is 9.59 Å². The minimum atomic E-state index is -0.526. The average Bonchev–Trinajstić information content (AvgIpc) is 3.06. The lowest BCUT2D eigenvalue weighted by Crippen LogP contribution is -2.12. The maximum Gasteiger partial charge on any atom is 0.313 e. The summed E-state index contributed by atoms with van der Waals surface area (Å²) in [4.78, 5) is 23.6. The third-order valence-corrected chi connectivity index (χ3v) is 3.44. The number of hydrogen-bond acceptors (Lipinski definition) is 5. The number of aromatic nitrogens is 2. The van der Waals surface area contributed by atoms with Crippen molar-refractivity contribution in [2.45, 2.75) is 13.8 Å². The van der Waals surface area contributed by atoms with E-state index in [2.05, 4.69) is 15.5 Å². The van der Waals surface area contributed by atoms with Crippen molar-refractivity contribution < 1.29 is 14.0 Å². The molecule has 1 heterocycles. The van der Waals surface area contributed by atoms with Crippen molar-refractivity contribution in [2.75, 3.05) is 5.32 Å². The maximum atomic E-state index is 12.2. The first kappa shape index (κ1) is 15.6. The topological polar surface area (TPSA) is 85.1 Å². The molecule has 1 amide bonds. The number of nitrogens with one attached hydrogen (secondary N) is 1. The minimum absolute atomic E-state index is 0.0782. The Hall–Kier alpha value is -3.28. The Morgan fingerprint density at radius 1 is 1.04 bits per heavy atom. The Morgan fingerprint density at radius 3 is 2.50 bits per heavy atom. The highest BCUT2D eigenvalue weighted by molar-refractivity contribution is 6.02. The Morgan fingerprint density at radius 2 is 1.79 bits per heavy atom. The molecule has 0 spiro atoms. The van der Waals surface area contributed by atoms with Gasteiger partial charge in [-0.2, -0.15) is 0 Å². The summed E-state index contributed by atoms with van der Waals surface area (Å²) in [6, 6.07) is 14.2. The van der Waals surface area contributed by atoms with Crippen LogP contribution in [0.2, 0.25) is 0 Å². The second-order valence-corrected chi connectivity index (χ2v) is 5.37. The third kappa shape index (κ3) is 3.38. The van der Waals surface area contributed by atoms with Crippen LogP contribution in [0.15, 0.2) is 52.9 Å². The van der Waals surface area contributed by atoms with Crippen LogP contribution in [0, 0.1) is 6.92 Å². The molecule has 0 atom stereocenters. The van der Waals surface area contributed by atoms with Gasteiger partial charge in [0.1, 0.15) is 0 Å². The van der Waals surface area contributed by atoms with E-state index < -0.39 is 5.91 Å². The Balaban J connectivity index is 1.77. The molecule has 0 unspecified atom stereocenters. The van der Waals surface area contributed by atoms with Crippen molar-refractivity contribution in [1.29, 1.82) is 0 Å². The summed E-state index contributed by atoms with van der Waals surface area (Å²) in [5, 5.41) is 10.3. The molecule has 0 aliphatic heterocycles. The number of carbonyl (C=O) groups excluding carboxylic acids is 2. The van der Waals surface area contributed by atoms with Gasteiger partial charge in [-0.25, -0.2) is 0 Å². The normalized spacial score (nSPS) is 10.4. The fraction of sp³-hybridized carbons (Fsp3) is 0.111. The van der Waals surface area contributed by atoms with Gasteiger partial charge in [-0.3, -0.25) is 9.59 Å². The molecule has 3 rings (SSSR count). The molecular formula is C18H15N3O3. The molecule has 0 aliphatic carbocycles. The quantitative estimate of drug-likeness (QED) is 0.743. The summed E-state index contributed by atoms with van der Waals surface area (Å²) in [5.41, 5.74) is 2.86. The average molecular weight is 321 g/mol. The van der Waals surface area contributed by atoms with Gasteiger partial charge in [0.25, 0.3) is 0 Å². The van der Waals surface area contributed by atoms with E-state index in [4.69, 9.17) is 4.42 Å². The molecule has 3 aromatic rings. The molecule has 6 heteroatoms. The molecular weight excluding hydrogens is 306 g/mol. The van der Waals surface area contributed by atoms with Crippen molar-refractivity contribution >= 4 is 17.4 Å². The summed E-state index contributed by atoms with van der Waals surface area (Å²) < 4.78 is 5.42. The highest BCUT2D eigenvalue weighted by Crippen LogP contribution is 2.19. The van der Waals surface area contributed by atoms with E-state index in [1.165, 1.54) is 6.92 Å². The van der Waals surface area contributed by atoms with Gasteiger partial charge in [0.2, 0.25) is 5.89 Å². The Labute approximate surface area is 138 Å². The van der Waals surface area contributed by atoms with Gasteiger partial charge >= 0.3 is 11.8 Å². The van der Waals surface area contributed by atoms with E-state index in [1.807, 2.05) is 31.2 Å². The van der Waals surface area contributed by atoms with E-state index >= 15 is 0 Å². The second kappa shape index (κ2) is 6.45. The highest BCUT2D eigenvalue weighted by Gasteiger charge is 2.16. The van der Waals surface area contributed by atoms with Gasteiger partial charge in [-0.05, 0) is 38.1 Å².